The van der Waals surface area contributed by atoms with Crippen LogP contribution in [0.5, 0.6) is 5.75 Å². The highest BCUT2D eigenvalue weighted by molar-refractivity contribution is 6.06. The van der Waals surface area contributed by atoms with Crippen LogP contribution in [-0.2, 0) is 13.0 Å². The van der Waals surface area contributed by atoms with Crippen LogP contribution in [0.15, 0.2) is 36.8 Å². The number of carbonyl (C=O) groups excluding carboxylic acids is 1. The van der Waals surface area contributed by atoms with Gasteiger partial charge in [-0.2, -0.15) is 5.10 Å². The summed E-state index contributed by atoms with van der Waals surface area (Å²) in [5.41, 5.74) is 4.42. The quantitative estimate of drug-likeness (QED) is 0.297. The van der Waals surface area contributed by atoms with Crippen LogP contribution < -0.4 is 15.4 Å². The summed E-state index contributed by atoms with van der Waals surface area (Å²) >= 11 is 0. The molecule has 1 aliphatic carbocycles. The van der Waals surface area contributed by atoms with E-state index < -0.39 is 0 Å². The molecule has 1 fully saturated rings. The van der Waals surface area contributed by atoms with Gasteiger partial charge in [0.25, 0.3) is 5.91 Å². The third kappa shape index (κ3) is 4.76. The van der Waals surface area contributed by atoms with Crippen molar-refractivity contribution in [3.05, 3.63) is 47.9 Å². The van der Waals surface area contributed by atoms with Crippen LogP contribution in [0.2, 0.25) is 0 Å². The Morgan fingerprint density at radius 1 is 1.22 bits per heavy atom. The fourth-order valence-corrected chi connectivity index (χ4v) is 5.46. The van der Waals surface area contributed by atoms with Gasteiger partial charge in [0.15, 0.2) is 5.65 Å². The molecule has 0 aliphatic heterocycles. The van der Waals surface area contributed by atoms with Gasteiger partial charge in [0.05, 0.1) is 29.9 Å². The summed E-state index contributed by atoms with van der Waals surface area (Å²) in [5.74, 6) is 1.31. The number of benzene rings is 1. The van der Waals surface area contributed by atoms with Gasteiger partial charge in [0.2, 0.25) is 0 Å². The molecule has 3 N–H and O–H groups in total. The highest BCUT2D eigenvalue weighted by atomic mass is 16.5. The second kappa shape index (κ2) is 10.6. The van der Waals surface area contributed by atoms with E-state index in [0.29, 0.717) is 24.4 Å². The maximum atomic E-state index is 13.4. The van der Waals surface area contributed by atoms with Gasteiger partial charge in [0, 0.05) is 42.4 Å². The Balaban J connectivity index is 1.35. The van der Waals surface area contributed by atoms with Gasteiger partial charge < -0.3 is 20.4 Å². The predicted molar refractivity (Wildman–Crippen MR) is 144 cm³/mol. The van der Waals surface area contributed by atoms with Gasteiger partial charge >= 0.3 is 0 Å². The smallest absolute Gasteiger partial charge is 0.254 e. The standard InChI is InChI=1S/C28H36N6O2/c1-4-34-27-23(17-32-34)26(33-18(2)19-8-6-5-7-9-19)24(16-31-27)28(35)29-13-12-20-15-30-25-11-10-21(36-3)14-22(20)25/h10-11,14-19,30H,4-9,12-13H2,1-3H3,(H,29,35)(H,31,33). The van der Waals surface area contributed by atoms with Crippen molar-refractivity contribution in [1.29, 1.82) is 0 Å². The van der Waals surface area contributed by atoms with Crippen molar-refractivity contribution >= 4 is 33.5 Å². The number of hydrogen-bond donors (Lipinski definition) is 3. The number of H-pyrrole nitrogens is 1. The second-order valence-electron chi connectivity index (χ2n) is 9.81. The highest BCUT2D eigenvalue weighted by Crippen LogP contribution is 2.32. The van der Waals surface area contributed by atoms with Crippen molar-refractivity contribution < 1.29 is 9.53 Å². The Morgan fingerprint density at radius 2 is 2.06 bits per heavy atom. The van der Waals surface area contributed by atoms with E-state index in [4.69, 9.17) is 4.74 Å². The van der Waals surface area contributed by atoms with E-state index in [9.17, 15) is 4.79 Å². The molecule has 0 bridgehead atoms. The normalized spacial score (nSPS) is 15.3. The summed E-state index contributed by atoms with van der Waals surface area (Å²) in [4.78, 5) is 21.3. The predicted octanol–water partition coefficient (Wildman–Crippen LogP) is 5.29. The van der Waals surface area contributed by atoms with E-state index in [1.807, 2.05) is 42.2 Å². The van der Waals surface area contributed by atoms with Gasteiger partial charge in [-0.15, -0.1) is 0 Å². The van der Waals surface area contributed by atoms with E-state index in [1.54, 1.807) is 13.3 Å². The maximum absolute atomic E-state index is 13.4. The summed E-state index contributed by atoms with van der Waals surface area (Å²) in [5, 5.41) is 13.3. The van der Waals surface area contributed by atoms with E-state index in [-0.39, 0.29) is 11.9 Å². The van der Waals surface area contributed by atoms with Gasteiger partial charge in [-0.25, -0.2) is 9.67 Å². The summed E-state index contributed by atoms with van der Waals surface area (Å²) in [6, 6.07) is 6.25. The lowest BCUT2D eigenvalue weighted by Crippen LogP contribution is -2.31. The molecule has 1 amide bonds. The van der Waals surface area contributed by atoms with Crippen molar-refractivity contribution in [2.45, 2.75) is 65.0 Å². The average Bonchev–Trinajstić information content (AvgIpc) is 3.53. The zero-order valence-electron chi connectivity index (χ0n) is 21.4. The molecule has 4 aromatic rings. The third-order valence-corrected chi connectivity index (χ3v) is 7.59. The second-order valence-corrected chi connectivity index (χ2v) is 9.81. The number of methoxy groups -OCH3 is 1. The van der Waals surface area contributed by atoms with E-state index in [2.05, 4.69) is 32.6 Å². The molecule has 1 atom stereocenters. The van der Waals surface area contributed by atoms with Gasteiger partial charge in [0.1, 0.15) is 5.75 Å². The number of carbonyl (C=O) groups is 1. The number of nitrogens with one attached hydrogen (secondary N) is 3. The van der Waals surface area contributed by atoms with Gasteiger partial charge in [-0.1, -0.05) is 19.3 Å². The molecular formula is C28H36N6O2. The molecular weight excluding hydrogens is 452 g/mol. The van der Waals surface area contributed by atoms with Crippen LogP contribution in [-0.4, -0.2) is 45.4 Å². The number of nitrogens with zero attached hydrogens (tertiary/aromatic N) is 3. The molecule has 5 rings (SSSR count). The van der Waals surface area contributed by atoms with Gasteiger partial charge in [-0.05, 0) is 62.8 Å². The zero-order valence-corrected chi connectivity index (χ0v) is 21.4. The Hall–Kier alpha value is -3.55. The fraction of sp³-hybridized carbons (Fsp3) is 0.464. The summed E-state index contributed by atoms with van der Waals surface area (Å²) < 4.78 is 7.25. The van der Waals surface area contributed by atoms with Gasteiger partial charge in [-0.3, -0.25) is 4.79 Å². The minimum Gasteiger partial charge on any atom is -0.497 e. The molecule has 1 aliphatic rings. The lowest BCUT2D eigenvalue weighted by molar-refractivity contribution is 0.0954. The lowest BCUT2D eigenvalue weighted by Gasteiger charge is -2.29. The first-order chi connectivity index (χ1) is 17.6. The minimum atomic E-state index is -0.121. The number of hydrogen-bond acceptors (Lipinski definition) is 5. The first kappa shape index (κ1) is 24.2. The number of ether oxygens (including phenoxy) is 1. The number of amides is 1. The first-order valence-electron chi connectivity index (χ1n) is 13.1. The molecule has 0 spiro atoms. The maximum Gasteiger partial charge on any atom is 0.254 e. The van der Waals surface area contributed by atoms with Crippen molar-refractivity contribution in [3.63, 3.8) is 0 Å². The molecule has 1 unspecified atom stereocenters. The fourth-order valence-electron chi connectivity index (χ4n) is 5.46. The van der Waals surface area contributed by atoms with E-state index in [1.165, 1.54) is 32.1 Å². The number of aromatic amines is 1. The molecule has 8 nitrogen and oxygen atoms in total. The monoisotopic (exact) mass is 488 g/mol. The van der Waals surface area contributed by atoms with Crippen molar-refractivity contribution in [1.82, 2.24) is 25.1 Å². The number of aryl methyl sites for hydroxylation is 1. The Morgan fingerprint density at radius 3 is 2.83 bits per heavy atom. The van der Waals surface area contributed by atoms with Crippen LogP contribution in [0.25, 0.3) is 21.9 Å². The Bertz CT molecular complexity index is 1350. The van der Waals surface area contributed by atoms with Crippen LogP contribution in [0.4, 0.5) is 5.69 Å². The van der Waals surface area contributed by atoms with Crippen molar-refractivity contribution in [3.8, 4) is 5.75 Å². The lowest BCUT2D eigenvalue weighted by atomic mass is 9.84. The molecule has 0 radical (unpaired) electrons. The number of anilines is 1. The molecule has 1 saturated carbocycles. The Kier molecular flexibility index (Phi) is 7.11. The number of rotatable bonds is 9. The van der Waals surface area contributed by atoms with Crippen molar-refractivity contribution in [2.24, 2.45) is 5.92 Å². The molecule has 8 heteroatoms. The topological polar surface area (TPSA) is 96.9 Å². The molecule has 3 aromatic heterocycles. The SMILES string of the molecule is CCn1ncc2c(NC(C)C3CCCCC3)c(C(=O)NCCc3c[nH]c4ccc(OC)cc34)cnc21. The zero-order chi connectivity index (χ0) is 25.1. The van der Waals surface area contributed by atoms with Crippen molar-refractivity contribution in [2.75, 3.05) is 19.0 Å². The Labute approximate surface area is 211 Å². The minimum absolute atomic E-state index is 0.121. The largest absolute Gasteiger partial charge is 0.497 e. The number of aromatic nitrogens is 4. The molecule has 1 aromatic carbocycles. The third-order valence-electron chi connectivity index (χ3n) is 7.59. The van der Waals surface area contributed by atoms with E-state index >= 15 is 0 Å². The number of pyridine rings is 1. The summed E-state index contributed by atoms with van der Waals surface area (Å²) in [6.07, 6.45) is 12.6. The molecule has 190 valence electrons. The summed E-state index contributed by atoms with van der Waals surface area (Å²) in [6.45, 7) is 5.54. The van der Waals surface area contributed by atoms with Crippen LogP contribution in [0.1, 0.15) is 61.9 Å². The first-order valence-corrected chi connectivity index (χ1v) is 13.1. The average molecular weight is 489 g/mol. The molecule has 36 heavy (non-hydrogen) atoms. The van der Waals surface area contributed by atoms with E-state index in [0.717, 1.165) is 45.5 Å². The van der Waals surface area contributed by atoms with Crippen LogP contribution >= 0.6 is 0 Å². The van der Waals surface area contributed by atoms with Crippen LogP contribution in [0.3, 0.4) is 0 Å². The molecule has 3 heterocycles. The highest BCUT2D eigenvalue weighted by Gasteiger charge is 2.24. The van der Waals surface area contributed by atoms with Crippen LogP contribution in [0, 0.1) is 5.92 Å². The molecule has 0 saturated heterocycles. The summed E-state index contributed by atoms with van der Waals surface area (Å²) in [7, 11) is 1.67. The number of fused-ring (bicyclic) bond motifs is 2.